The lowest BCUT2D eigenvalue weighted by Gasteiger charge is -2.10. The monoisotopic (exact) mass is 476 g/mol. The van der Waals surface area contributed by atoms with Crippen LogP contribution in [0.25, 0.3) is 16.6 Å². The molecule has 0 fully saturated rings. The Balaban J connectivity index is 1.58. The van der Waals surface area contributed by atoms with Gasteiger partial charge in [-0.25, -0.2) is 8.96 Å². The first-order valence-corrected chi connectivity index (χ1v) is 11.0. The van der Waals surface area contributed by atoms with Gasteiger partial charge in [0.15, 0.2) is 4.77 Å². The Kier molecular flexibility index (Phi) is 6.65. The summed E-state index contributed by atoms with van der Waals surface area (Å²) >= 11 is 5.29. The van der Waals surface area contributed by atoms with E-state index in [4.69, 9.17) is 12.2 Å². The molecule has 4 aromatic rings. The number of aromatic amines is 1. The summed E-state index contributed by atoms with van der Waals surface area (Å²) in [6, 6.07) is 17.4. The first kappa shape index (κ1) is 23.1. The Morgan fingerprint density at radius 1 is 0.971 bits per heavy atom. The van der Waals surface area contributed by atoms with E-state index in [0.29, 0.717) is 23.2 Å². The second-order valence-electron chi connectivity index (χ2n) is 7.52. The van der Waals surface area contributed by atoms with E-state index < -0.39 is 11.4 Å². The molecule has 0 atom stereocenters. The van der Waals surface area contributed by atoms with Crippen molar-refractivity contribution in [3.05, 3.63) is 104 Å². The fraction of sp³-hybridized carbons (Fsp3) is 0.120. The molecule has 4 rings (SSSR count). The summed E-state index contributed by atoms with van der Waals surface area (Å²) in [6.45, 7) is 2.58. The van der Waals surface area contributed by atoms with Gasteiger partial charge in [0.25, 0.3) is 17.4 Å². The number of fused-ring (bicyclic) bond motifs is 1. The highest BCUT2D eigenvalue weighted by Crippen LogP contribution is 2.16. The molecule has 0 radical (unpaired) electrons. The molecule has 2 amide bonds. The first-order chi connectivity index (χ1) is 16.4. The number of rotatable bonds is 6. The van der Waals surface area contributed by atoms with Crippen molar-refractivity contribution in [2.24, 2.45) is 0 Å². The zero-order chi connectivity index (χ0) is 24.2. The zero-order valence-electron chi connectivity index (χ0n) is 18.2. The number of hydrogen-bond acceptors (Lipinski definition) is 4. The minimum absolute atomic E-state index is 0.0160. The molecule has 0 unspecified atom stereocenters. The van der Waals surface area contributed by atoms with Crippen molar-refractivity contribution in [2.75, 3.05) is 6.54 Å². The molecule has 0 saturated heterocycles. The molecule has 3 aromatic carbocycles. The highest BCUT2D eigenvalue weighted by Gasteiger charge is 2.13. The van der Waals surface area contributed by atoms with Gasteiger partial charge in [-0.3, -0.25) is 14.4 Å². The predicted molar refractivity (Wildman–Crippen MR) is 130 cm³/mol. The number of hydrogen-bond donors (Lipinski definition) is 3. The van der Waals surface area contributed by atoms with Gasteiger partial charge in [0.1, 0.15) is 5.82 Å². The van der Waals surface area contributed by atoms with Crippen LogP contribution in [0.5, 0.6) is 0 Å². The minimum atomic E-state index is -0.573. The fourth-order valence-corrected chi connectivity index (χ4v) is 3.87. The number of carbonyl (C=O) groups is 2. The number of halogens is 1. The molecule has 1 aromatic heterocycles. The van der Waals surface area contributed by atoms with Crippen molar-refractivity contribution in [1.29, 1.82) is 0 Å². The van der Waals surface area contributed by atoms with E-state index >= 15 is 0 Å². The van der Waals surface area contributed by atoms with Crippen molar-refractivity contribution in [3.63, 3.8) is 0 Å². The lowest BCUT2D eigenvalue weighted by atomic mass is 10.1. The number of para-hydroxylation sites is 1. The second kappa shape index (κ2) is 9.80. The maximum Gasteiger partial charge on any atom is 0.266 e. The molecule has 3 N–H and O–H groups in total. The molecule has 7 nitrogen and oxygen atoms in total. The largest absolute Gasteiger partial charge is 0.352 e. The maximum absolute atomic E-state index is 14.2. The lowest BCUT2D eigenvalue weighted by molar-refractivity contribution is 0.0947. The van der Waals surface area contributed by atoms with Gasteiger partial charge >= 0.3 is 0 Å². The Hall–Kier alpha value is -4.11. The molecule has 0 spiro atoms. The molecule has 0 aliphatic rings. The van der Waals surface area contributed by atoms with E-state index in [-0.39, 0.29) is 34.2 Å². The standard InChI is InChI=1S/C25H21FN4O3S/c1-2-27-22(31)16-7-5-6-15(12-16)14-28-23(32)17-10-11-18-20(13-17)29-25(34)30(24(18)33)21-9-4-3-8-19(21)26/h3-13H,2,14H2,1H3,(H,27,31)(H,28,32)(H,29,34). The highest BCUT2D eigenvalue weighted by molar-refractivity contribution is 7.71. The van der Waals surface area contributed by atoms with Crippen molar-refractivity contribution in [3.8, 4) is 5.69 Å². The van der Waals surface area contributed by atoms with Gasteiger partial charge in [0.2, 0.25) is 0 Å². The van der Waals surface area contributed by atoms with Crippen LogP contribution in [-0.2, 0) is 6.54 Å². The molecule has 1 heterocycles. The number of carbonyl (C=O) groups excluding carboxylic acids is 2. The quantitative estimate of drug-likeness (QED) is 0.368. The predicted octanol–water partition coefficient (Wildman–Crippen LogP) is 3.87. The van der Waals surface area contributed by atoms with Crippen LogP contribution < -0.4 is 16.2 Å². The SMILES string of the molecule is CCNC(=O)c1cccc(CNC(=O)c2ccc3c(=O)n(-c4ccccc4F)c(=S)[nH]c3c2)c1. The third kappa shape index (κ3) is 4.65. The summed E-state index contributed by atoms with van der Waals surface area (Å²) in [7, 11) is 0. The van der Waals surface area contributed by atoms with Gasteiger partial charge in [-0.15, -0.1) is 0 Å². The van der Waals surface area contributed by atoms with Crippen LogP contribution in [0.3, 0.4) is 0 Å². The fourth-order valence-electron chi connectivity index (χ4n) is 3.58. The molecule has 0 aliphatic carbocycles. The van der Waals surface area contributed by atoms with Gasteiger partial charge in [-0.2, -0.15) is 0 Å². The molecule has 0 aliphatic heterocycles. The van der Waals surface area contributed by atoms with E-state index in [9.17, 15) is 18.8 Å². The van der Waals surface area contributed by atoms with Crippen LogP contribution in [-0.4, -0.2) is 27.9 Å². The van der Waals surface area contributed by atoms with Gasteiger partial charge in [-0.05, 0) is 67.2 Å². The van der Waals surface area contributed by atoms with Gasteiger partial charge in [-0.1, -0.05) is 24.3 Å². The summed E-state index contributed by atoms with van der Waals surface area (Å²) in [4.78, 5) is 40.6. The average Bonchev–Trinajstić information content (AvgIpc) is 2.83. The van der Waals surface area contributed by atoms with Crippen LogP contribution in [0.2, 0.25) is 0 Å². The Morgan fingerprint density at radius 2 is 1.71 bits per heavy atom. The van der Waals surface area contributed by atoms with Crippen LogP contribution >= 0.6 is 12.2 Å². The molecule has 0 saturated carbocycles. The summed E-state index contributed by atoms with van der Waals surface area (Å²) in [5.41, 5.74) is 1.53. The van der Waals surface area contributed by atoms with Crippen molar-refractivity contribution >= 4 is 34.9 Å². The van der Waals surface area contributed by atoms with E-state index in [1.165, 1.54) is 36.4 Å². The number of aromatic nitrogens is 2. The first-order valence-electron chi connectivity index (χ1n) is 10.6. The molecular formula is C25H21FN4O3S. The summed E-state index contributed by atoms with van der Waals surface area (Å²) in [5, 5.41) is 5.81. The van der Waals surface area contributed by atoms with Gasteiger partial charge in [0.05, 0.1) is 16.6 Å². The van der Waals surface area contributed by atoms with Crippen LogP contribution in [0.4, 0.5) is 4.39 Å². The van der Waals surface area contributed by atoms with E-state index in [1.54, 1.807) is 24.3 Å². The number of amides is 2. The highest BCUT2D eigenvalue weighted by atomic mass is 32.1. The topological polar surface area (TPSA) is 96.0 Å². The molecular weight excluding hydrogens is 455 g/mol. The second-order valence-corrected chi connectivity index (χ2v) is 7.91. The van der Waals surface area contributed by atoms with Crippen LogP contribution in [0.15, 0.2) is 71.5 Å². The minimum Gasteiger partial charge on any atom is -0.352 e. The summed E-state index contributed by atoms with van der Waals surface area (Å²) in [5.74, 6) is -1.11. The summed E-state index contributed by atoms with van der Waals surface area (Å²) in [6.07, 6.45) is 0. The normalized spacial score (nSPS) is 10.8. The van der Waals surface area contributed by atoms with Crippen molar-refractivity contribution in [2.45, 2.75) is 13.5 Å². The van der Waals surface area contributed by atoms with Gasteiger partial charge < -0.3 is 15.6 Å². The van der Waals surface area contributed by atoms with E-state index in [2.05, 4.69) is 15.6 Å². The van der Waals surface area contributed by atoms with E-state index in [0.717, 1.165) is 10.1 Å². The number of nitrogens with zero attached hydrogens (tertiary/aromatic N) is 1. The molecule has 34 heavy (non-hydrogen) atoms. The summed E-state index contributed by atoms with van der Waals surface area (Å²) < 4.78 is 15.4. The maximum atomic E-state index is 14.2. The molecule has 0 bridgehead atoms. The smallest absolute Gasteiger partial charge is 0.266 e. The van der Waals surface area contributed by atoms with Crippen LogP contribution in [0, 0.1) is 10.6 Å². The molecule has 172 valence electrons. The third-order valence-electron chi connectivity index (χ3n) is 5.23. The third-order valence-corrected chi connectivity index (χ3v) is 5.52. The zero-order valence-corrected chi connectivity index (χ0v) is 19.0. The lowest BCUT2D eigenvalue weighted by Crippen LogP contribution is -2.25. The Labute approximate surface area is 199 Å². The van der Waals surface area contributed by atoms with Crippen LogP contribution in [0.1, 0.15) is 33.2 Å². The Bertz CT molecular complexity index is 1530. The van der Waals surface area contributed by atoms with Crippen molar-refractivity contribution in [1.82, 2.24) is 20.2 Å². The van der Waals surface area contributed by atoms with Crippen molar-refractivity contribution < 1.29 is 14.0 Å². The van der Waals surface area contributed by atoms with E-state index in [1.807, 2.05) is 13.0 Å². The Morgan fingerprint density at radius 3 is 2.47 bits per heavy atom. The number of nitrogens with one attached hydrogen (secondary N) is 3. The van der Waals surface area contributed by atoms with Gasteiger partial charge in [0, 0.05) is 24.2 Å². The average molecular weight is 477 g/mol. The number of H-pyrrole nitrogens is 1. The molecule has 9 heteroatoms. The number of benzene rings is 3.